The normalized spacial score (nSPS) is 11.3. The van der Waals surface area contributed by atoms with Crippen molar-refractivity contribution in [3.8, 4) is 0 Å². The number of nitrogens with zero attached hydrogens (tertiary/aromatic N) is 2. The summed E-state index contributed by atoms with van der Waals surface area (Å²) >= 11 is 0. The van der Waals surface area contributed by atoms with Gasteiger partial charge in [-0.2, -0.15) is 0 Å². The second-order valence-electron chi connectivity index (χ2n) is 11.0. The van der Waals surface area contributed by atoms with Crippen LogP contribution in [0.2, 0.25) is 0 Å². The maximum atomic E-state index is 10.7. The van der Waals surface area contributed by atoms with Crippen LogP contribution >= 0.6 is 0 Å². The van der Waals surface area contributed by atoms with Gasteiger partial charge < -0.3 is 29.6 Å². The number of carbonyl (C=O) groups excluding carboxylic acids is 2. The summed E-state index contributed by atoms with van der Waals surface area (Å²) < 4.78 is 0. The minimum atomic E-state index is -1.04. The summed E-state index contributed by atoms with van der Waals surface area (Å²) in [5.74, 6) is -2.08. The maximum Gasteiger partial charge on any atom is 2.00 e. The van der Waals surface area contributed by atoms with Crippen LogP contribution in [-0.4, -0.2) is 72.6 Å². The molecule has 43 heavy (non-hydrogen) atoms. The quantitative estimate of drug-likeness (QED) is 0.0654. The molecule has 0 aromatic heterocycles. The second kappa shape index (κ2) is 38.8. The van der Waals surface area contributed by atoms with E-state index in [-0.39, 0.29) is 50.8 Å². The number of carbonyl (C=O) groups is 2. The number of carboxylic acid groups (broad SMARTS) is 2. The topological polar surface area (TPSA) is 86.7 Å². The van der Waals surface area contributed by atoms with Crippen LogP contribution in [0, 0.1) is 0 Å². The third-order valence-electron chi connectivity index (χ3n) is 6.71. The monoisotopic (exact) mass is 628 g/mol. The number of rotatable bonds is 28. The first-order chi connectivity index (χ1) is 20.4. The molecule has 0 radical (unpaired) electrons. The van der Waals surface area contributed by atoms with Gasteiger partial charge in [0.05, 0.1) is 25.0 Å². The summed E-state index contributed by atoms with van der Waals surface area (Å²) in [5.41, 5.74) is 0. The molecule has 0 aliphatic heterocycles. The van der Waals surface area contributed by atoms with E-state index in [2.05, 4.69) is 52.0 Å². The molecule has 6 nitrogen and oxygen atoms in total. The molecule has 0 fully saturated rings. The van der Waals surface area contributed by atoms with Gasteiger partial charge in [0, 0.05) is 0 Å². The van der Waals surface area contributed by atoms with E-state index >= 15 is 0 Å². The Kier molecular flexibility index (Phi) is 41.7. The van der Waals surface area contributed by atoms with Crippen molar-refractivity contribution in [3.05, 3.63) is 49.1 Å². The SMILES string of the molecule is CCCCCC/C=C/N(/C=C/CCCCCC)CC(=O)[O-].CCCCCC/C=C/N(/C=C/CCCCCC)CC(=O)[O-].[Ca+2]. The van der Waals surface area contributed by atoms with Gasteiger partial charge >= 0.3 is 37.7 Å². The zero-order valence-electron chi connectivity index (χ0n) is 28.4. The summed E-state index contributed by atoms with van der Waals surface area (Å²) in [6, 6.07) is 0. The van der Waals surface area contributed by atoms with Crippen LogP contribution in [0.3, 0.4) is 0 Å². The molecule has 0 atom stereocenters. The fourth-order valence-corrected chi connectivity index (χ4v) is 4.20. The predicted molar refractivity (Wildman–Crippen MR) is 181 cm³/mol. The molecule has 0 aromatic rings. The minimum Gasteiger partial charge on any atom is -0.548 e. The van der Waals surface area contributed by atoms with Gasteiger partial charge in [-0.3, -0.25) is 0 Å². The Morgan fingerprint density at radius 1 is 0.442 bits per heavy atom. The molecule has 0 unspecified atom stereocenters. The Balaban J connectivity index is -0.000000727. The molecular weight excluding hydrogens is 564 g/mol. The molecule has 0 heterocycles. The first-order valence-electron chi connectivity index (χ1n) is 17.0. The van der Waals surface area contributed by atoms with Crippen molar-refractivity contribution in [3.63, 3.8) is 0 Å². The van der Waals surface area contributed by atoms with E-state index < -0.39 is 11.9 Å². The molecule has 0 aromatic carbocycles. The van der Waals surface area contributed by atoms with Gasteiger partial charge in [-0.25, -0.2) is 0 Å². The molecule has 7 heteroatoms. The number of carboxylic acids is 2. The van der Waals surface area contributed by atoms with E-state index in [4.69, 9.17) is 0 Å². The average Bonchev–Trinajstić information content (AvgIpc) is 2.95. The first kappa shape index (κ1) is 46.2. The first-order valence-corrected chi connectivity index (χ1v) is 17.0. The Bertz CT molecular complexity index is 618. The standard InChI is InChI=1S/2C18H33NO2.Ca/c2*1-3-5-7-9-11-13-15-19(17-18(20)21)16-14-12-10-8-6-4-2;/h2*13-16H,3-12,17H2,1-2H3,(H,20,21);/q;;+2/p-2/b2*15-13+,16-14+;. The zero-order chi connectivity index (χ0) is 31.5. The Morgan fingerprint density at radius 3 is 0.860 bits per heavy atom. The van der Waals surface area contributed by atoms with E-state index in [9.17, 15) is 19.8 Å². The van der Waals surface area contributed by atoms with Crippen LogP contribution in [0.15, 0.2) is 49.1 Å². The summed E-state index contributed by atoms with van der Waals surface area (Å²) in [4.78, 5) is 24.9. The van der Waals surface area contributed by atoms with E-state index in [1.54, 1.807) is 9.80 Å². The Labute approximate surface area is 295 Å². The third-order valence-corrected chi connectivity index (χ3v) is 6.71. The molecule has 0 aliphatic rings. The molecule has 0 rings (SSSR count). The van der Waals surface area contributed by atoms with E-state index in [0.29, 0.717) is 0 Å². The van der Waals surface area contributed by atoms with Crippen LogP contribution in [0.4, 0.5) is 0 Å². The molecule has 0 saturated heterocycles. The van der Waals surface area contributed by atoms with Gasteiger partial charge in [-0.05, 0) is 76.2 Å². The van der Waals surface area contributed by atoms with Crippen molar-refractivity contribution >= 4 is 49.7 Å². The van der Waals surface area contributed by atoms with E-state index in [1.165, 1.54) is 103 Å². The summed E-state index contributed by atoms with van der Waals surface area (Å²) in [6.45, 7) is 8.64. The summed E-state index contributed by atoms with van der Waals surface area (Å²) in [7, 11) is 0. The molecule has 0 amide bonds. The van der Waals surface area contributed by atoms with Crippen LogP contribution in [0.5, 0.6) is 0 Å². The minimum absolute atomic E-state index is 0. The fraction of sp³-hybridized carbons (Fsp3) is 0.722. The van der Waals surface area contributed by atoms with Gasteiger partial charge in [0.25, 0.3) is 0 Å². The van der Waals surface area contributed by atoms with Gasteiger partial charge in [0.1, 0.15) is 0 Å². The van der Waals surface area contributed by atoms with Gasteiger partial charge in [-0.1, -0.05) is 129 Å². The maximum absolute atomic E-state index is 10.7. The van der Waals surface area contributed by atoms with Crippen molar-refractivity contribution in [1.29, 1.82) is 0 Å². The number of unbranched alkanes of at least 4 members (excludes halogenated alkanes) is 16. The van der Waals surface area contributed by atoms with Crippen LogP contribution in [0.1, 0.15) is 156 Å². The van der Waals surface area contributed by atoms with Gasteiger partial charge in [0.15, 0.2) is 0 Å². The van der Waals surface area contributed by atoms with Gasteiger partial charge in [0.2, 0.25) is 0 Å². The average molecular weight is 629 g/mol. The Morgan fingerprint density at radius 2 is 0.674 bits per heavy atom. The summed E-state index contributed by atoms with van der Waals surface area (Å²) in [5, 5.41) is 21.5. The largest absolute Gasteiger partial charge is 2.00 e. The fourth-order valence-electron chi connectivity index (χ4n) is 4.20. The smallest absolute Gasteiger partial charge is 0.548 e. The van der Waals surface area contributed by atoms with E-state index in [1.807, 2.05) is 24.8 Å². The molecule has 0 bridgehead atoms. The number of allylic oxidation sites excluding steroid dienone is 4. The second-order valence-corrected chi connectivity index (χ2v) is 11.0. The van der Waals surface area contributed by atoms with Crippen molar-refractivity contribution in [1.82, 2.24) is 9.80 Å². The summed E-state index contributed by atoms with van der Waals surface area (Å²) in [6.07, 6.45) is 39.4. The zero-order valence-corrected chi connectivity index (χ0v) is 30.6. The van der Waals surface area contributed by atoms with Crippen molar-refractivity contribution < 1.29 is 19.8 Å². The van der Waals surface area contributed by atoms with Crippen molar-refractivity contribution in [2.45, 2.75) is 156 Å². The molecular formula is C36H64CaN2O4. The number of hydrogen-bond acceptors (Lipinski definition) is 6. The molecule has 0 spiro atoms. The van der Waals surface area contributed by atoms with Crippen molar-refractivity contribution in [2.75, 3.05) is 13.1 Å². The molecule has 244 valence electrons. The van der Waals surface area contributed by atoms with Crippen LogP contribution < -0.4 is 10.2 Å². The van der Waals surface area contributed by atoms with Crippen LogP contribution in [-0.2, 0) is 9.59 Å². The molecule has 0 N–H and O–H groups in total. The van der Waals surface area contributed by atoms with E-state index in [0.717, 1.165) is 25.7 Å². The third kappa shape index (κ3) is 40.8. The Hall–Kier alpha value is -1.24. The van der Waals surface area contributed by atoms with Crippen molar-refractivity contribution in [2.24, 2.45) is 0 Å². The number of aliphatic carboxylic acids is 2. The molecule has 0 aliphatic carbocycles. The molecule has 0 saturated carbocycles. The van der Waals surface area contributed by atoms with Crippen LogP contribution in [0.25, 0.3) is 0 Å². The van der Waals surface area contributed by atoms with Gasteiger partial charge in [-0.15, -0.1) is 0 Å². The predicted octanol–water partition coefficient (Wildman–Crippen LogP) is 7.63. The number of hydrogen-bond donors (Lipinski definition) is 0.